The van der Waals surface area contributed by atoms with Crippen molar-refractivity contribution >= 4 is 12.4 Å². The van der Waals surface area contributed by atoms with E-state index in [2.05, 4.69) is 5.32 Å². The van der Waals surface area contributed by atoms with Crippen LogP contribution in [-0.2, 0) is 17.5 Å². The molecule has 0 aliphatic carbocycles. The Morgan fingerprint density at radius 3 is 2.45 bits per heavy atom. The fraction of sp³-hybridized carbons (Fsp3) is 0.300. The lowest BCUT2D eigenvalue weighted by molar-refractivity contribution is -0.138. The van der Waals surface area contributed by atoms with E-state index in [4.69, 9.17) is 4.74 Å². The number of alkyl halides is 3. The fourth-order valence-corrected chi connectivity index (χ4v) is 2.58. The minimum absolute atomic E-state index is 0.0567. The molecule has 0 spiro atoms. The van der Waals surface area contributed by atoms with E-state index >= 15 is 0 Å². The SMILES string of the molecule is O=Cc1ccc(C(O)C(O)CCNC(=O)OCc2ccccc2)cc1C(F)(F)F. The molecule has 2 unspecified atom stereocenters. The van der Waals surface area contributed by atoms with Crippen LogP contribution in [0.3, 0.4) is 0 Å². The maximum absolute atomic E-state index is 13.0. The molecule has 2 rings (SSSR count). The van der Waals surface area contributed by atoms with Gasteiger partial charge in [-0.2, -0.15) is 13.2 Å². The van der Waals surface area contributed by atoms with Crippen LogP contribution in [-0.4, -0.2) is 35.2 Å². The maximum Gasteiger partial charge on any atom is 0.417 e. The van der Waals surface area contributed by atoms with Crippen molar-refractivity contribution in [3.05, 3.63) is 70.8 Å². The Balaban J connectivity index is 1.86. The molecule has 0 aliphatic heterocycles. The van der Waals surface area contributed by atoms with E-state index < -0.39 is 35.6 Å². The topological polar surface area (TPSA) is 95.9 Å². The lowest BCUT2D eigenvalue weighted by atomic mass is 9.97. The number of hydrogen-bond donors (Lipinski definition) is 3. The number of nitrogens with one attached hydrogen (secondary N) is 1. The molecule has 3 N–H and O–H groups in total. The van der Waals surface area contributed by atoms with Crippen molar-refractivity contribution in [2.24, 2.45) is 0 Å². The van der Waals surface area contributed by atoms with Gasteiger partial charge in [0.25, 0.3) is 0 Å². The second-order valence-electron chi connectivity index (χ2n) is 6.25. The van der Waals surface area contributed by atoms with E-state index in [-0.39, 0.29) is 31.4 Å². The number of amides is 1. The second kappa shape index (κ2) is 10.0. The summed E-state index contributed by atoms with van der Waals surface area (Å²) >= 11 is 0. The number of aldehydes is 1. The van der Waals surface area contributed by atoms with Crippen molar-refractivity contribution in [1.29, 1.82) is 0 Å². The molecule has 0 aromatic heterocycles. The quantitative estimate of drug-likeness (QED) is 0.580. The minimum Gasteiger partial charge on any atom is -0.445 e. The van der Waals surface area contributed by atoms with Crippen LogP contribution >= 0.6 is 0 Å². The van der Waals surface area contributed by atoms with E-state index in [1.807, 2.05) is 6.07 Å². The first-order valence-corrected chi connectivity index (χ1v) is 8.69. The number of ether oxygens (including phenoxy) is 1. The van der Waals surface area contributed by atoms with Gasteiger partial charge in [0.15, 0.2) is 6.29 Å². The monoisotopic (exact) mass is 411 g/mol. The summed E-state index contributed by atoms with van der Waals surface area (Å²) in [5.41, 5.74) is -1.16. The van der Waals surface area contributed by atoms with Crippen LogP contribution in [0, 0.1) is 0 Å². The summed E-state index contributed by atoms with van der Waals surface area (Å²) in [5.74, 6) is 0. The molecule has 29 heavy (non-hydrogen) atoms. The molecular formula is C20H20F3NO5. The highest BCUT2D eigenvalue weighted by molar-refractivity contribution is 5.77. The van der Waals surface area contributed by atoms with Crippen molar-refractivity contribution in [2.75, 3.05) is 6.54 Å². The van der Waals surface area contributed by atoms with Gasteiger partial charge in [0.2, 0.25) is 0 Å². The smallest absolute Gasteiger partial charge is 0.417 e. The highest BCUT2D eigenvalue weighted by Gasteiger charge is 2.34. The lowest BCUT2D eigenvalue weighted by Crippen LogP contribution is -2.30. The zero-order valence-corrected chi connectivity index (χ0v) is 15.2. The van der Waals surface area contributed by atoms with Gasteiger partial charge in [0, 0.05) is 12.1 Å². The van der Waals surface area contributed by atoms with Crippen molar-refractivity contribution in [3.63, 3.8) is 0 Å². The zero-order valence-electron chi connectivity index (χ0n) is 15.2. The third-order valence-corrected chi connectivity index (χ3v) is 4.14. The summed E-state index contributed by atoms with van der Waals surface area (Å²) in [4.78, 5) is 22.4. The Labute approximate surface area is 164 Å². The molecular weight excluding hydrogens is 391 g/mol. The Morgan fingerprint density at radius 1 is 1.14 bits per heavy atom. The Morgan fingerprint density at radius 2 is 1.83 bits per heavy atom. The summed E-state index contributed by atoms with van der Waals surface area (Å²) in [7, 11) is 0. The van der Waals surface area contributed by atoms with Gasteiger partial charge in [-0.25, -0.2) is 4.79 Å². The van der Waals surface area contributed by atoms with Gasteiger partial charge in [-0.1, -0.05) is 42.5 Å². The van der Waals surface area contributed by atoms with Crippen molar-refractivity contribution in [1.82, 2.24) is 5.32 Å². The molecule has 0 heterocycles. The lowest BCUT2D eigenvalue weighted by Gasteiger charge is -2.20. The van der Waals surface area contributed by atoms with Gasteiger partial charge in [-0.3, -0.25) is 4.79 Å². The Bertz CT molecular complexity index is 827. The maximum atomic E-state index is 13.0. The van der Waals surface area contributed by atoms with Crippen LogP contribution in [0.15, 0.2) is 48.5 Å². The molecule has 2 aromatic rings. The number of aliphatic hydroxyl groups excluding tert-OH is 2. The van der Waals surface area contributed by atoms with Gasteiger partial charge in [0.1, 0.15) is 12.7 Å². The second-order valence-corrected chi connectivity index (χ2v) is 6.25. The first-order chi connectivity index (χ1) is 13.7. The highest BCUT2D eigenvalue weighted by Crippen LogP contribution is 2.33. The minimum atomic E-state index is -4.78. The van der Waals surface area contributed by atoms with Crippen LogP contribution in [0.4, 0.5) is 18.0 Å². The van der Waals surface area contributed by atoms with E-state index in [9.17, 15) is 33.0 Å². The summed E-state index contributed by atoms with van der Waals surface area (Å²) in [5, 5.41) is 22.5. The molecule has 9 heteroatoms. The van der Waals surface area contributed by atoms with Crippen LogP contribution in [0.2, 0.25) is 0 Å². The van der Waals surface area contributed by atoms with Crippen LogP contribution in [0.5, 0.6) is 0 Å². The summed E-state index contributed by atoms with van der Waals surface area (Å²) < 4.78 is 44.0. The molecule has 2 aromatic carbocycles. The molecule has 0 radical (unpaired) electrons. The van der Waals surface area contributed by atoms with E-state index in [1.165, 1.54) is 0 Å². The number of benzene rings is 2. The number of rotatable bonds is 8. The highest BCUT2D eigenvalue weighted by atomic mass is 19.4. The van der Waals surface area contributed by atoms with Gasteiger partial charge in [0.05, 0.1) is 11.7 Å². The molecule has 0 aliphatic rings. The first kappa shape index (κ1) is 22.4. The van der Waals surface area contributed by atoms with Gasteiger partial charge in [-0.05, 0) is 23.6 Å². The van der Waals surface area contributed by atoms with E-state index in [0.717, 1.165) is 17.7 Å². The first-order valence-electron chi connectivity index (χ1n) is 8.69. The third-order valence-electron chi connectivity index (χ3n) is 4.14. The molecule has 0 bridgehead atoms. The predicted octanol–water partition coefficient (Wildman–Crippen LogP) is 3.23. The van der Waals surface area contributed by atoms with Crippen molar-refractivity contribution < 1.29 is 37.7 Å². The average Bonchev–Trinajstić information content (AvgIpc) is 2.71. The predicted molar refractivity (Wildman–Crippen MR) is 97.0 cm³/mol. The molecule has 0 saturated carbocycles. The summed E-state index contributed by atoms with van der Waals surface area (Å²) in [6.45, 7) is -0.00838. The van der Waals surface area contributed by atoms with E-state index in [0.29, 0.717) is 6.07 Å². The zero-order chi connectivity index (χ0) is 21.4. The molecule has 6 nitrogen and oxygen atoms in total. The Hall–Kier alpha value is -2.91. The Kier molecular flexibility index (Phi) is 7.74. The number of hydrogen-bond acceptors (Lipinski definition) is 5. The summed E-state index contributed by atoms with van der Waals surface area (Å²) in [6, 6.07) is 11.6. The van der Waals surface area contributed by atoms with Crippen LogP contribution in [0.25, 0.3) is 0 Å². The molecule has 156 valence electrons. The van der Waals surface area contributed by atoms with Gasteiger partial charge < -0.3 is 20.3 Å². The number of alkyl carbamates (subject to hydrolysis) is 1. The van der Waals surface area contributed by atoms with Crippen LogP contribution in [0.1, 0.15) is 39.6 Å². The summed E-state index contributed by atoms with van der Waals surface area (Å²) in [6.07, 6.45) is -8.63. The van der Waals surface area contributed by atoms with Crippen LogP contribution < -0.4 is 5.32 Å². The normalized spacial score (nSPS) is 13.4. The third kappa shape index (κ3) is 6.58. The van der Waals surface area contributed by atoms with Crippen molar-refractivity contribution in [3.8, 4) is 0 Å². The average molecular weight is 411 g/mol. The molecule has 2 atom stereocenters. The van der Waals surface area contributed by atoms with Gasteiger partial charge in [-0.15, -0.1) is 0 Å². The fourth-order valence-electron chi connectivity index (χ4n) is 2.58. The number of carbonyl (C=O) groups excluding carboxylic acids is 2. The van der Waals surface area contributed by atoms with E-state index in [1.54, 1.807) is 24.3 Å². The molecule has 1 amide bonds. The van der Waals surface area contributed by atoms with Gasteiger partial charge >= 0.3 is 12.3 Å². The largest absolute Gasteiger partial charge is 0.445 e. The number of aliphatic hydroxyl groups is 2. The molecule has 0 saturated heterocycles. The molecule has 0 fully saturated rings. The standard InChI is InChI=1S/C20H20F3NO5/c21-20(22,23)16-10-14(6-7-15(16)11-25)18(27)17(26)8-9-24-19(28)29-12-13-4-2-1-3-5-13/h1-7,10-11,17-18,26-27H,8-9,12H2,(H,24,28). The van der Waals surface area contributed by atoms with Crippen molar-refractivity contribution in [2.45, 2.75) is 31.4 Å². The number of carbonyl (C=O) groups is 2. The number of halogens is 3.